The molecule has 0 saturated heterocycles. The molecule has 6 N–H and O–H groups in total. The Balaban J connectivity index is 6.75. The van der Waals surface area contributed by atoms with Crippen LogP contribution in [0.2, 0.25) is 0 Å². The summed E-state index contributed by atoms with van der Waals surface area (Å²) in [5.41, 5.74) is 0. The first kappa shape index (κ1) is 67.9. The van der Waals surface area contributed by atoms with Crippen molar-refractivity contribution < 1.29 is 81.2 Å². The predicted octanol–water partition coefficient (Wildman–Crippen LogP) is 4.73. The standard InChI is InChI=1S/C45H90N4O18S3/c1-7-10-13-16-19-22-25-47(43(53)28-37(4)65-68(56,57)58)34-40(50)31-46(32-41(51)35-48(26-23-20-17-14-11-8-2)44(54)29-38(5)66-69(59,60)61)33-42(52)36-49(27-24-21-18-15-12-9-3)45(55)30-39(6)67-70(62,63)64/h37-42,50-52H,7-36H2,1-6H3,(H,56,57,58)(H,59,60,61)(H,62,63,64). The van der Waals surface area contributed by atoms with Crippen molar-refractivity contribution in [2.24, 2.45) is 0 Å². The SMILES string of the molecule is CCCCCCCCN(CC(O)CN(CC(O)CN(CCCCCCCC)C(=O)CC(C)OS(=O)(=O)O)CC(O)CN(CCCCCCCC)C(=O)CC(C)OS(=O)(=O)O)C(=O)CC(C)OS(=O)(=O)O. The number of carbonyl (C=O) groups excluding carboxylic acids is 3. The molecule has 416 valence electrons. The summed E-state index contributed by atoms with van der Waals surface area (Å²) in [6.45, 7) is 9.10. The zero-order valence-electron chi connectivity index (χ0n) is 42.8. The summed E-state index contributed by atoms with van der Waals surface area (Å²) in [6, 6.07) is 0. The van der Waals surface area contributed by atoms with E-state index in [1.54, 1.807) is 0 Å². The number of hydrogen-bond acceptors (Lipinski definition) is 16. The Morgan fingerprint density at radius 1 is 0.386 bits per heavy atom. The zero-order valence-corrected chi connectivity index (χ0v) is 45.2. The van der Waals surface area contributed by atoms with Gasteiger partial charge in [-0.1, -0.05) is 117 Å². The number of unbranched alkanes of at least 4 members (excludes halogenated alkanes) is 15. The van der Waals surface area contributed by atoms with Crippen LogP contribution in [0.1, 0.15) is 176 Å². The predicted molar refractivity (Wildman–Crippen MR) is 264 cm³/mol. The highest BCUT2D eigenvalue weighted by Gasteiger charge is 2.29. The van der Waals surface area contributed by atoms with Crippen LogP contribution >= 0.6 is 0 Å². The largest absolute Gasteiger partial charge is 0.397 e. The number of aliphatic hydroxyl groups is 3. The summed E-state index contributed by atoms with van der Waals surface area (Å²) >= 11 is 0. The Kier molecular flexibility index (Phi) is 36.4. The third-order valence-corrected chi connectivity index (χ3v) is 13.1. The van der Waals surface area contributed by atoms with Crippen molar-refractivity contribution in [3.05, 3.63) is 0 Å². The number of amides is 3. The minimum atomic E-state index is -4.87. The molecule has 6 unspecified atom stereocenters. The highest BCUT2D eigenvalue weighted by atomic mass is 32.3. The van der Waals surface area contributed by atoms with Crippen molar-refractivity contribution in [3.63, 3.8) is 0 Å². The van der Waals surface area contributed by atoms with Crippen LogP contribution in [0.25, 0.3) is 0 Å². The Morgan fingerprint density at radius 2 is 0.600 bits per heavy atom. The first-order chi connectivity index (χ1) is 32.7. The van der Waals surface area contributed by atoms with E-state index < -0.39 is 105 Å². The van der Waals surface area contributed by atoms with E-state index in [4.69, 9.17) is 0 Å². The molecule has 0 aromatic heterocycles. The van der Waals surface area contributed by atoms with Gasteiger partial charge in [0, 0.05) is 58.9 Å². The van der Waals surface area contributed by atoms with Crippen LogP contribution in [-0.2, 0) is 58.1 Å². The van der Waals surface area contributed by atoms with Crippen LogP contribution in [0.3, 0.4) is 0 Å². The molecule has 0 heterocycles. The third kappa shape index (κ3) is 38.5. The molecule has 0 radical (unpaired) electrons. The summed E-state index contributed by atoms with van der Waals surface area (Å²) in [6.07, 6.45) is 6.82. The van der Waals surface area contributed by atoms with E-state index in [9.17, 15) is 68.6 Å². The molecule has 0 bridgehead atoms. The molecule has 0 fully saturated rings. The molecule has 70 heavy (non-hydrogen) atoms. The van der Waals surface area contributed by atoms with E-state index in [-0.39, 0.29) is 58.9 Å². The van der Waals surface area contributed by atoms with E-state index in [1.165, 1.54) is 40.4 Å². The number of aliphatic hydroxyl groups excluding tert-OH is 3. The fraction of sp³-hybridized carbons (Fsp3) is 0.933. The average Bonchev–Trinajstić information content (AvgIpc) is 3.20. The Hall–Kier alpha value is -2.14. The molecule has 0 spiro atoms. The molecule has 25 heteroatoms. The molecule has 0 saturated carbocycles. The summed E-state index contributed by atoms with van der Waals surface area (Å²) in [7, 11) is -14.6. The number of hydrogen-bond donors (Lipinski definition) is 6. The molecular weight excluding hydrogens is 981 g/mol. The van der Waals surface area contributed by atoms with Crippen molar-refractivity contribution in [2.75, 3.05) is 58.9 Å². The van der Waals surface area contributed by atoms with Crippen LogP contribution in [0, 0.1) is 0 Å². The van der Waals surface area contributed by atoms with Gasteiger partial charge in [-0.05, 0) is 40.0 Å². The average molecular weight is 1070 g/mol. The maximum absolute atomic E-state index is 13.6. The van der Waals surface area contributed by atoms with Crippen LogP contribution in [0.4, 0.5) is 0 Å². The van der Waals surface area contributed by atoms with Gasteiger partial charge >= 0.3 is 31.2 Å². The molecule has 0 aliphatic rings. The van der Waals surface area contributed by atoms with Gasteiger partial charge in [0.2, 0.25) is 17.7 Å². The Labute approximate surface area is 420 Å². The van der Waals surface area contributed by atoms with Crippen LogP contribution < -0.4 is 0 Å². The second-order valence-electron chi connectivity index (χ2n) is 18.6. The number of rotatable bonds is 45. The molecule has 0 aliphatic carbocycles. The fourth-order valence-electron chi connectivity index (χ4n) is 8.11. The Morgan fingerprint density at radius 3 is 0.814 bits per heavy atom. The van der Waals surface area contributed by atoms with E-state index in [1.807, 2.05) is 0 Å². The molecule has 0 rings (SSSR count). The van der Waals surface area contributed by atoms with Gasteiger partial charge in [0.25, 0.3) is 0 Å². The minimum absolute atomic E-state index is 0.191. The molecule has 0 aromatic rings. The van der Waals surface area contributed by atoms with Crippen molar-refractivity contribution in [1.29, 1.82) is 0 Å². The second-order valence-corrected chi connectivity index (χ2v) is 21.8. The first-order valence-corrected chi connectivity index (χ1v) is 29.3. The zero-order chi connectivity index (χ0) is 53.3. The molecule has 0 aliphatic heterocycles. The second kappa shape index (κ2) is 37.6. The lowest BCUT2D eigenvalue weighted by Crippen LogP contribution is -2.51. The van der Waals surface area contributed by atoms with Gasteiger partial charge in [-0.25, -0.2) is 12.5 Å². The van der Waals surface area contributed by atoms with Gasteiger partial charge in [0.15, 0.2) is 0 Å². The molecule has 3 amide bonds. The van der Waals surface area contributed by atoms with Gasteiger partial charge in [-0.15, -0.1) is 0 Å². The summed E-state index contributed by atoms with van der Waals surface area (Å²) in [5.74, 6) is -1.70. The number of nitrogens with zero attached hydrogens (tertiary/aromatic N) is 4. The topological polar surface area (TPSA) is 316 Å². The van der Waals surface area contributed by atoms with Gasteiger partial charge in [-0.2, -0.15) is 25.3 Å². The summed E-state index contributed by atoms with van der Waals surface area (Å²) in [4.78, 5) is 46.2. The minimum Gasteiger partial charge on any atom is -0.390 e. The Bertz CT molecular complexity index is 1560. The lowest BCUT2D eigenvalue weighted by Gasteiger charge is -2.34. The van der Waals surface area contributed by atoms with Gasteiger partial charge in [-0.3, -0.25) is 32.9 Å². The van der Waals surface area contributed by atoms with Crippen molar-refractivity contribution >= 4 is 48.9 Å². The quantitative estimate of drug-likeness (QED) is 0.0355. The van der Waals surface area contributed by atoms with Crippen molar-refractivity contribution in [1.82, 2.24) is 19.6 Å². The van der Waals surface area contributed by atoms with Crippen LogP contribution in [-0.4, -0.2) is 187 Å². The van der Waals surface area contributed by atoms with Gasteiger partial charge in [0.1, 0.15) is 0 Å². The molecule has 6 atom stereocenters. The van der Waals surface area contributed by atoms with E-state index in [2.05, 4.69) is 33.3 Å². The fourth-order valence-corrected chi connectivity index (χ4v) is 9.56. The van der Waals surface area contributed by atoms with E-state index in [0.717, 1.165) is 96.3 Å². The monoisotopic (exact) mass is 1070 g/mol. The van der Waals surface area contributed by atoms with Gasteiger partial charge in [0.05, 0.1) is 55.9 Å². The molecule has 22 nitrogen and oxygen atoms in total. The van der Waals surface area contributed by atoms with Crippen LogP contribution in [0.15, 0.2) is 0 Å². The smallest absolute Gasteiger partial charge is 0.390 e. The normalized spacial score (nSPS) is 15.0. The third-order valence-electron chi connectivity index (χ3n) is 11.3. The van der Waals surface area contributed by atoms with Crippen LogP contribution in [0.5, 0.6) is 0 Å². The first-order valence-electron chi connectivity index (χ1n) is 25.2. The van der Waals surface area contributed by atoms with E-state index in [0.29, 0.717) is 19.3 Å². The maximum Gasteiger partial charge on any atom is 0.397 e. The molecule has 0 aromatic carbocycles. The molecular formula is C45H90N4O18S3. The maximum atomic E-state index is 13.6. The summed E-state index contributed by atoms with van der Waals surface area (Å²) < 4.78 is 110. The number of carbonyl (C=O) groups is 3. The van der Waals surface area contributed by atoms with Gasteiger partial charge < -0.3 is 30.0 Å². The lowest BCUT2D eigenvalue weighted by molar-refractivity contribution is -0.134. The highest BCUT2D eigenvalue weighted by molar-refractivity contribution is 7.81. The highest BCUT2D eigenvalue weighted by Crippen LogP contribution is 2.16. The van der Waals surface area contributed by atoms with E-state index >= 15 is 0 Å². The summed E-state index contributed by atoms with van der Waals surface area (Å²) in [5, 5.41) is 34.9. The van der Waals surface area contributed by atoms with Crippen molar-refractivity contribution in [3.8, 4) is 0 Å². The van der Waals surface area contributed by atoms with Crippen molar-refractivity contribution in [2.45, 2.75) is 213 Å². The lowest BCUT2D eigenvalue weighted by atomic mass is 10.1.